The predicted octanol–water partition coefficient (Wildman–Crippen LogP) is 4.60. The van der Waals surface area contributed by atoms with E-state index >= 15 is 0 Å². The zero-order chi connectivity index (χ0) is 29.4. The summed E-state index contributed by atoms with van der Waals surface area (Å²) in [6.45, 7) is 6.08. The molecule has 1 atom stereocenters. The van der Waals surface area contributed by atoms with Crippen LogP contribution in [0.1, 0.15) is 54.0 Å². The summed E-state index contributed by atoms with van der Waals surface area (Å²) >= 11 is 0. The molecule has 1 aliphatic rings. The molecule has 0 radical (unpaired) electrons. The number of amides is 2. The number of rotatable bonds is 8. The first kappa shape index (κ1) is 27.7. The minimum atomic E-state index is -1.09. The quantitative estimate of drug-likeness (QED) is 0.333. The molecule has 41 heavy (non-hydrogen) atoms. The molecule has 1 N–H and O–H groups in total. The lowest BCUT2D eigenvalue weighted by molar-refractivity contribution is 0.0996. The van der Waals surface area contributed by atoms with Gasteiger partial charge in [-0.05, 0) is 45.0 Å². The summed E-state index contributed by atoms with van der Waals surface area (Å²) in [7, 11) is 3.35. The normalized spacial score (nSPS) is 13.4. The summed E-state index contributed by atoms with van der Waals surface area (Å²) in [5, 5.41) is 17.8. The number of benzene rings is 1. The minimum absolute atomic E-state index is 0.0308. The van der Waals surface area contributed by atoms with Gasteiger partial charge in [-0.25, -0.2) is 19.2 Å². The third-order valence-corrected chi connectivity index (χ3v) is 7.42. The van der Waals surface area contributed by atoms with Crippen molar-refractivity contribution in [3.8, 4) is 11.5 Å². The van der Waals surface area contributed by atoms with E-state index in [0.717, 1.165) is 4.90 Å². The Bertz CT molecular complexity index is 1620. The number of hydrogen-bond donors (Lipinski definition) is 1. The fraction of sp³-hybridized carbons (Fsp3) is 0.310. The Morgan fingerprint density at radius 1 is 1.10 bits per heavy atom. The average Bonchev–Trinajstić information content (AvgIpc) is 3.58. The molecular formula is C29H31FN8O3. The van der Waals surface area contributed by atoms with E-state index in [9.17, 15) is 19.1 Å². The second-order valence-corrected chi connectivity index (χ2v) is 10.3. The van der Waals surface area contributed by atoms with Gasteiger partial charge in [-0.3, -0.25) is 9.69 Å². The van der Waals surface area contributed by atoms with Crippen molar-refractivity contribution in [3.63, 3.8) is 0 Å². The number of nitrogens with zero attached hydrogens (tertiary/aromatic N) is 8. The largest absolute Gasteiger partial charge is 0.465 e. The first-order valence-electron chi connectivity index (χ1n) is 13.2. The molecule has 2 amide bonds. The van der Waals surface area contributed by atoms with E-state index in [0.29, 0.717) is 45.5 Å². The van der Waals surface area contributed by atoms with Gasteiger partial charge in [0.2, 0.25) is 0 Å². The van der Waals surface area contributed by atoms with Crippen LogP contribution < -0.4 is 9.80 Å². The monoisotopic (exact) mass is 558 g/mol. The van der Waals surface area contributed by atoms with Gasteiger partial charge in [-0.2, -0.15) is 0 Å². The number of carboxylic acid groups (broad SMARTS) is 1. The molecule has 0 bridgehead atoms. The van der Waals surface area contributed by atoms with Crippen LogP contribution in [0.25, 0.3) is 11.5 Å². The second-order valence-electron chi connectivity index (χ2n) is 10.3. The van der Waals surface area contributed by atoms with Crippen LogP contribution in [0.4, 0.5) is 20.8 Å². The van der Waals surface area contributed by atoms with Gasteiger partial charge >= 0.3 is 6.09 Å². The topological polar surface area (TPSA) is 121 Å². The first-order chi connectivity index (χ1) is 19.6. The van der Waals surface area contributed by atoms with Crippen LogP contribution in [-0.2, 0) is 13.1 Å². The van der Waals surface area contributed by atoms with Crippen LogP contribution >= 0.6 is 0 Å². The number of hydrogen-bond acceptors (Lipinski definition) is 7. The highest BCUT2D eigenvalue weighted by Crippen LogP contribution is 2.33. The molecule has 3 aromatic heterocycles. The van der Waals surface area contributed by atoms with Gasteiger partial charge in [-0.15, -0.1) is 10.2 Å². The Morgan fingerprint density at radius 2 is 1.85 bits per heavy atom. The van der Waals surface area contributed by atoms with E-state index in [1.165, 1.54) is 19.4 Å². The van der Waals surface area contributed by atoms with Crippen LogP contribution in [0.5, 0.6) is 0 Å². The Hall–Kier alpha value is -4.87. The molecule has 0 saturated heterocycles. The number of carbonyl (C=O) groups excluding carboxylic acids is 1. The molecule has 1 aromatic carbocycles. The summed E-state index contributed by atoms with van der Waals surface area (Å²) in [5.74, 6) is 0.818. The molecule has 1 aliphatic heterocycles. The van der Waals surface area contributed by atoms with Crippen LogP contribution in [0.3, 0.4) is 0 Å². The summed E-state index contributed by atoms with van der Waals surface area (Å²) in [4.78, 5) is 39.4. The van der Waals surface area contributed by atoms with Crippen molar-refractivity contribution in [1.82, 2.24) is 29.6 Å². The van der Waals surface area contributed by atoms with Gasteiger partial charge in [0.15, 0.2) is 5.82 Å². The van der Waals surface area contributed by atoms with Crippen molar-refractivity contribution in [2.24, 2.45) is 0 Å². The van der Waals surface area contributed by atoms with E-state index in [2.05, 4.69) is 10.2 Å². The fourth-order valence-corrected chi connectivity index (χ4v) is 4.78. The number of fused-ring (bicyclic) bond motifs is 1. The molecule has 1 unspecified atom stereocenters. The SMILES string of the molecule is CC(C)N(C)c1cc2c(c(CN(C)C(=O)O)n1)CN(c1cccc(-c3nncn3C(C)c3ccccc3F)n1)C2=O. The van der Waals surface area contributed by atoms with Crippen LogP contribution in [-0.4, -0.2) is 66.9 Å². The van der Waals surface area contributed by atoms with E-state index in [1.54, 1.807) is 51.9 Å². The molecule has 11 nitrogen and oxygen atoms in total. The Balaban J connectivity index is 1.51. The van der Waals surface area contributed by atoms with Gasteiger partial charge in [-0.1, -0.05) is 24.3 Å². The van der Waals surface area contributed by atoms with Gasteiger partial charge in [0.05, 0.1) is 30.4 Å². The maximum atomic E-state index is 14.5. The van der Waals surface area contributed by atoms with Crippen molar-refractivity contribution in [1.29, 1.82) is 0 Å². The molecule has 4 aromatic rings. The van der Waals surface area contributed by atoms with Crippen molar-refractivity contribution < 1.29 is 19.1 Å². The standard InChI is InChI=1S/C29H31FN8O3/c1-17(2)36(5)26-13-20-21(24(33-26)15-35(4)29(40)41)14-37(28(20)39)25-12-8-11-23(32-25)27-34-31-16-38(27)18(3)19-9-6-7-10-22(19)30/h6-13,16-18H,14-15H2,1-5H3,(H,40,41). The third kappa shape index (κ3) is 5.20. The third-order valence-electron chi connectivity index (χ3n) is 7.42. The number of halogens is 1. The lowest BCUT2D eigenvalue weighted by Crippen LogP contribution is -2.29. The predicted molar refractivity (Wildman–Crippen MR) is 151 cm³/mol. The van der Waals surface area contributed by atoms with Gasteiger partial charge < -0.3 is 19.5 Å². The van der Waals surface area contributed by atoms with Crippen molar-refractivity contribution in [2.75, 3.05) is 23.9 Å². The Labute approximate surface area is 236 Å². The molecule has 4 heterocycles. The van der Waals surface area contributed by atoms with Gasteiger partial charge in [0.25, 0.3) is 5.91 Å². The average molecular weight is 559 g/mol. The number of aromatic nitrogens is 5. The number of carbonyl (C=O) groups is 2. The van der Waals surface area contributed by atoms with E-state index < -0.39 is 12.1 Å². The fourth-order valence-electron chi connectivity index (χ4n) is 4.78. The van der Waals surface area contributed by atoms with Crippen molar-refractivity contribution in [2.45, 2.75) is 45.9 Å². The second kappa shape index (κ2) is 11.0. The summed E-state index contributed by atoms with van der Waals surface area (Å²) in [6.07, 6.45) is 0.439. The Kier molecular flexibility index (Phi) is 7.40. The maximum absolute atomic E-state index is 14.5. The number of pyridine rings is 2. The van der Waals surface area contributed by atoms with E-state index in [1.807, 2.05) is 32.7 Å². The summed E-state index contributed by atoms with van der Waals surface area (Å²) < 4.78 is 16.3. The summed E-state index contributed by atoms with van der Waals surface area (Å²) in [5.41, 5.74) is 2.59. The molecule has 12 heteroatoms. The lowest BCUT2D eigenvalue weighted by Gasteiger charge is -2.24. The maximum Gasteiger partial charge on any atom is 0.407 e. The van der Waals surface area contributed by atoms with Crippen LogP contribution in [0.2, 0.25) is 0 Å². The van der Waals surface area contributed by atoms with Gasteiger partial charge in [0, 0.05) is 31.3 Å². The smallest absolute Gasteiger partial charge is 0.407 e. The molecule has 0 spiro atoms. The molecular weight excluding hydrogens is 527 g/mol. The summed E-state index contributed by atoms with van der Waals surface area (Å²) in [6, 6.07) is 13.3. The van der Waals surface area contributed by atoms with Crippen molar-refractivity contribution >= 4 is 23.6 Å². The Morgan fingerprint density at radius 3 is 2.56 bits per heavy atom. The number of anilines is 2. The first-order valence-corrected chi connectivity index (χ1v) is 13.2. The van der Waals surface area contributed by atoms with Crippen molar-refractivity contribution in [3.05, 3.63) is 83.1 Å². The minimum Gasteiger partial charge on any atom is -0.465 e. The van der Waals surface area contributed by atoms with E-state index in [-0.39, 0.29) is 30.9 Å². The lowest BCUT2D eigenvalue weighted by atomic mass is 10.1. The zero-order valence-corrected chi connectivity index (χ0v) is 23.5. The van der Waals surface area contributed by atoms with Crippen LogP contribution in [0, 0.1) is 5.82 Å². The van der Waals surface area contributed by atoms with Gasteiger partial charge in [0.1, 0.15) is 29.5 Å². The zero-order valence-electron chi connectivity index (χ0n) is 23.5. The molecule has 0 aliphatic carbocycles. The molecule has 0 saturated carbocycles. The molecule has 212 valence electrons. The highest BCUT2D eigenvalue weighted by Gasteiger charge is 2.34. The van der Waals surface area contributed by atoms with E-state index in [4.69, 9.17) is 9.97 Å². The molecule has 0 fully saturated rings. The van der Waals surface area contributed by atoms with Crippen LogP contribution in [0.15, 0.2) is 54.9 Å². The highest BCUT2D eigenvalue weighted by molar-refractivity contribution is 6.10. The molecule has 5 rings (SSSR count). The highest BCUT2D eigenvalue weighted by atomic mass is 19.1.